The van der Waals surface area contributed by atoms with Crippen molar-refractivity contribution in [1.82, 2.24) is 8.77 Å². The number of hydrogen-bond acceptors (Lipinski definition) is 7. The first kappa shape index (κ1) is 28.7. The number of hydroxylamine groups is 2. The molecule has 1 unspecified atom stereocenters. The predicted molar refractivity (Wildman–Crippen MR) is 139 cm³/mol. The molecule has 3 rings (SSSR count). The summed E-state index contributed by atoms with van der Waals surface area (Å²) < 4.78 is 61.5. The van der Waals surface area contributed by atoms with Crippen molar-refractivity contribution in [2.45, 2.75) is 94.1 Å². The number of sulfonamides is 2. The van der Waals surface area contributed by atoms with Gasteiger partial charge in [0.1, 0.15) is 0 Å². The Morgan fingerprint density at radius 1 is 0.806 bits per heavy atom. The van der Waals surface area contributed by atoms with Gasteiger partial charge in [0.05, 0.1) is 22.4 Å². The Balaban J connectivity index is 2.08. The molecule has 0 N–H and O–H groups in total. The van der Waals surface area contributed by atoms with Gasteiger partial charge in [0.2, 0.25) is 0 Å². The third kappa shape index (κ3) is 6.35. The summed E-state index contributed by atoms with van der Waals surface area (Å²) in [5.74, 6) is 0. The van der Waals surface area contributed by atoms with Gasteiger partial charge in [-0.05, 0) is 85.1 Å². The number of hydrogen-bond donors (Lipinski definition) is 0. The maximum absolute atomic E-state index is 13.7. The molecule has 1 atom stereocenters. The van der Waals surface area contributed by atoms with E-state index in [0.29, 0.717) is 3.71 Å². The van der Waals surface area contributed by atoms with Crippen LogP contribution < -0.4 is 0 Å². The van der Waals surface area contributed by atoms with Crippen LogP contribution >= 0.6 is 0 Å². The summed E-state index contributed by atoms with van der Waals surface area (Å²) in [6.07, 6.45) is 1.26. The summed E-state index contributed by atoms with van der Waals surface area (Å²) in [7, 11) is -8.94. The van der Waals surface area contributed by atoms with Gasteiger partial charge in [-0.2, -0.15) is 5.06 Å². The Hall–Kier alpha value is -1.82. The molecular formula is C26H38N2O6S2. The van der Waals surface area contributed by atoms with Gasteiger partial charge in [-0.25, -0.2) is 16.8 Å². The van der Waals surface area contributed by atoms with Gasteiger partial charge >= 0.3 is 0 Å². The highest BCUT2D eigenvalue weighted by Gasteiger charge is 2.46. The zero-order chi connectivity index (χ0) is 26.8. The highest BCUT2D eigenvalue weighted by atomic mass is 32.3. The summed E-state index contributed by atoms with van der Waals surface area (Å²) in [5.41, 5.74) is -0.719. The second-order valence-corrected chi connectivity index (χ2v) is 14.5. The highest BCUT2D eigenvalue weighted by Crippen LogP contribution is 2.39. The van der Waals surface area contributed by atoms with Crippen LogP contribution in [-0.4, -0.2) is 55.6 Å². The van der Waals surface area contributed by atoms with Crippen LogP contribution in [0.25, 0.3) is 0 Å². The molecule has 8 nitrogen and oxygen atoms in total. The molecule has 2 aromatic carbocycles. The van der Waals surface area contributed by atoms with E-state index in [2.05, 4.69) is 27.7 Å². The Bertz CT molecular complexity index is 1130. The van der Waals surface area contributed by atoms with E-state index in [9.17, 15) is 16.8 Å². The van der Waals surface area contributed by atoms with Crippen LogP contribution in [0.4, 0.5) is 0 Å². The van der Waals surface area contributed by atoms with Gasteiger partial charge in [0.15, 0.2) is 6.29 Å². The first-order valence-corrected chi connectivity index (χ1v) is 15.1. The summed E-state index contributed by atoms with van der Waals surface area (Å²) >= 11 is 0. The molecule has 0 bridgehead atoms. The van der Waals surface area contributed by atoms with Crippen LogP contribution in [0.5, 0.6) is 0 Å². The molecular weight excluding hydrogens is 500 g/mol. The third-order valence-electron chi connectivity index (χ3n) is 6.24. The largest absolute Gasteiger partial charge is 0.347 e. The van der Waals surface area contributed by atoms with Crippen LogP contribution in [0.3, 0.4) is 0 Å². The monoisotopic (exact) mass is 538 g/mol. The summed E-state index contributed by atoms with van der Waals surface area (Å²) in [6, 6.07) is 15.0. The van der Waals surface area contributed by atoms with Crippen molar-refractivity contribution in [3.63, 3.8) is 0 Å². The van der Waals surface area contributed by atoms with Crippen molar-refractivity contribution < 1.29 is 26.4 Å². The van der Waals surface area contributed by atoms with Gasteiger partial charge < -0.3 is 4.74 Å². The average Bonchev–Trinajstić information content (AvgIpc) is 2.80. The zero-order valence-corrected chi connectivity index (χ0v) is 23.6. The van der Waals surface area contributed by atoms with Gasteiger partial charge in [0, 0.05) is 11.1 Å². The summed E-state index contributed by atoms with van der Waals surface area (Å²) in [4.78, 5) is 6.10. The lowest BCUT2D eigenvalue weighted by Gasteiger charge is -2.52. The minimum atomic E-state index is -4.47. The fourth-order valence-corrected chi connectivity index (χ4v) is 8.31. The number of piperidine rings is 1. The molecule has 0 radical (unpaired) electrons. The van der Waals surface area contributed by atoms with E-state index in [1.54, 1.807) is 50.2 Å². The van der Waals surface area contributed by atoms with E-state index < -0.39 is 32.9 Å². The fraction of sp³-hybridized carbons (Fsp3) is 0.538. The normalized spacial score (nSPS) is 19.4. The molecule has 1 fully saturated rings. The van der Waals surface area contributed by atoms with E-state index in [0.717, 1.165) is 19.3 Å². The fourth-order valence-electron chi connectivity index (χ4n) is 4.65. The topological polar surface area (TPSA) is 93.2 Å². The van der Waals surface area contributed by atoms with Crippen LogP contribution in [0, 0.1) is 0 Å². The SMILES string of the molecule is CC(C)OC(CN(S(=O)(=O)c1ccccc1)S(=O)(=O)c1ccccc1)ON1C(C)(C)CCCC1(C)C. The van der Waals surface area contributed by atoms with Gasteiger partial charge in [0.25, 0.3) is 20.0 Å². The van der Waals surface area contributed by atoms with Crippen LogP contribution in [0.1, 0.15) is 60.8 Å². The molecule has 1 aliphatic heterocycles. The number of nitrogens with zero attached hydrogens (tertiary/aromatic N) is 2. The summed E-state index contributed by atoms with van der Waals surface area (Å²) in [5, 5.41) is 1.85. The van der Waals surface area contributed by atoms with E-state index in [-0.39, 0.29) is 27.0 Å². The van der Waals surface area contributed by atoms with E-state index in [1.165, 1.54) is 24.3 Å². The first-order valence-electron chi connectivity index (χ1n) is 12.2. The van der Waals surface area contributed by atoms with E-state index in [4.69, 9.17) is 9.57 Å². The molecule has 1 saturated heterocycles. The van der Waals surface area contributed by atoms with Crippen molar-refractivity contribution in [3.05, 3.63) is 60.7 Å². The van der Waals surface area contributed by atoms with E-state index >= 15 is 0 Å². The third-order valence-corrected chi connectivity index (χ3v) is 10.5. The second kappa shape index (κ2) is 10.9. The second-order valence-electron chi connectivity index (χ2n) is 10.6. The Kier molecular flexibility index (Phi) is 8.69. The minimum absolute atomic E-state index is 0.133. The Morgan fingerprint density at radius 2 is 1.22 bits per heavy atom. The predicted octanol–water partition coefficient (Wildman–Crippen LogP) is 4.79. The van der Waals surface area contributed by atoms with Crippen molar-refractivity contribution in [3.8, 4) is 0 Å². The molecule has 0 aliphatic carbocycles. The van der Waals surface area contributed by atoms with Gasteiger partial charge in [-0.3, -0.25) is 4.84 Å². The standard InChI is InChI=1S/C26H38N2O6S2/c1-21(2)33-24(34-28-25(3,4)18-13-19-26(28,5)6)20-27(35(29,30)22-14-9-7-10-15-22)36(31,32)23-16-11-8-12-17-23/h7-12,14-17,21,24H,13,18-20H2,1-6H3. The van der Waals surface area contributed by atoms with Gasteiger partial charge in [-0.15, -0.1) is 0 Å². The lowest BCUT2D eigenvalue weighted by molar-refractivity contribution is -0.357. The maximum atomic E-state index is 13.7. The minimum Gasteiger partial charge on any atom is -0.347 e. The molecule has 0 aromatic heterocycles. The maximum Gasteiger partial charge on any atom is 0.256 e. The van der Waals surface area contributed by atoms with Crippen LogP contribution in [0.2, 0.25) is 0 Å². The number of rotatable bonds is 10. The lowest BCUT2D eigenvalue weighted by Crippen LogP contribution is -2.60. The molecule has 0 saturated carbocycles. The molecule has 1 heterocycles. The molecule has 2 aromatic rings. The van der Waals surface area contributed by atoms with Crippen molar-refractivity contribution in [2.75, 3.05) is 6.54 Å². The first-order chi connectivity index (χ1) is 16.7. The van der Waals surface area contributed by atoms with Gasteiger partial charge in [-0.1, -0.05) is 40.1 Å². The Morgan fingerprint density at radius 3 is 1.61 bits per heavy atom. The Labute approximate surface area is 216 Å². The number of benzene rings is 2. The van der Waals surface area contributed by atoms with Crippen LogP contribution in [0.15, 0.2) is 70.5 Å². The molecule has 200 valence electrons. The highest BCUT2D eigenvalue weighted by molar-refractivity contribution is 8.04. The number of ether oxygens (including phenoxy) is 1. The zero-order valence-electron chi connectivity index (χ0n) is 21.9. The summed E-state index contributed by atoms with van der Waals surface area (Å²) in [6.45, 7) is 11.3. The quantitative estimate of drug-likeness (QED) is 0.402. The molecule has 0 amide bonds. The average molecular weight is 539 g/mol. The van der Waals surface area contributed by atoms with E-state index in [1.807, 2.05) is 5.06 Å². The van der Waals surface area contributed by atoms with Crippen molar-refractivity contribution in [2.24, 2.45) is 0 Å². The molecule has 0 spiro atoms. The lowest BCUT2D eigenvalue weighted by atomic mass is 9.82. The van der Waals surface area contributed by atoms with Crippen molar-refractivity contribution >= 4 is 20.0 Å². The molecule has 1 aliphatic rings. The smallest absolute Gasteiger partial charge is 0.256 e. The molecule has 36 heavy (non-hydrogen) atoms. The van der Waals surface area contributed by atoms with Crippen LogP contribution in [-0.2, 0) is 29.6 Å². The van der Waals surface area contributed by atoms with Crippen molar-refractivity contribution in [1.29, 1.82) is 0 Å². The molecule has 10 heteroatoms.